The molecule has 0 saturated heterocycles. The quantitative estimate of drug-likeness (QED) is 0.215. The molecule has 0 aromatic carbocycles. The Morgan fingerprint density at radius 2 is 0.829 bits per heavy atom. The molecule has 0 amide bonds. The number of carboxylic acids is 2. The molecule has 4 N–H and O–H groups in total. The van der Waals surface area contributed by atoms with Crippen molar-refractivity contribution in [3.8, 4) is 0 Å². The fraction of sp³-hybridized carbons (Fsp3) is 0.800. The van der Waals surface area contributed by atoms with E-state index in [1.165, 1.54) is 13.8 Å². The van der Waals surface area contributed by atoms with Gasteiger partial charge in [-0.15, -0.1) is 0 Å². The Morgan fingerprint density at radius 1 is 0.629 bits per heavy atom. The summed E-state index contributed by atoms with van der Waals surface area (Å²) in [4.78, 5) is 41.4. The maximum atomic E-state index is 12.0. The van der Waals surface area contributed by atoms with Crippen LogP contribution in [0.5, 0.6) is 0 Å². The first kappa shape index (κ1) is 43.7. The van der Waals surface area contributed by atoms with Crippen molar-refractivity contribution in [2.45, 2.75) is 78.6 Å². The van der Waals surface area contributed by atoms with Crippen LogP contribution in [-0.2, 0) is 45.4 Å². The molecule has 8 nitrogen and oxygen atoms in total. The van der Waals surface area contributed by atoms with E-state index in [1.807, 2.05) is 13.8 Å². The van der Waals surface area contributed by atoms with Crippen LogP contribution in [0, 0.1) is 11.8 Å². The second-order valence-electron chi connectivity index (χ2n) is 6.53. The first-order chi connectivity index (χ1) is 15.4. The van der Waals surface area contributed by atoms with Crippen molar-refractivity contribution in [3.63, 3.8) is 0 Å². The number of aliphatic carboxylic acids is 2. The molecule has 0 bridgehead atoms. The van der Waals surface area contributed by atoms with E-state index in [0.717, 1.165) is 12.8 Å². The van der Waals surface area contributed by atoms with Gasteiger partial charge in [0, 0.05) is 39.4 Å². The monoisotopic (exact) mass is 606 g/mol. The van der Waals surface area contributed by atoms with E-state index in [9.17, 15) is 45.5 Å². The normalized spacial score (nSPS) is 12.0. The van der Waals surface area contributed by atoms with Gasteiger partial charge >= 0.3 is 24.3 Å². The van der Waals surface area contributed by atoms with E-state index in [2.05, 4.69) is 0 Å². The summed E-state index contributed by atoms with van der Waals surface area (Å²) in [6.07, 6.45) is -10.5. The first-order valence-electron chi connectivity index (χ1n) is 10.2. The molecule has 15 heteroatoms. The minimum atomic E-state index is -4.64. The topological polar surface area (TPSA) is 149 Å². The van der Waals surface area contributed by atoms with Crippen LogP contribution < -0.4 is 0 Å². The van der Waals surface area contributed by atoms with Gasteiger partial charge in [0.25, 0.3) is 0 Å². The van der Waals surface area contributed by atoms with E-state index >= 15 is 0 Å². The summed E-state index contributed by atoms with van der Waals surface area (Å²) in [5.41, 5.74) is 0. The average molecular weight is 608 g/mol. The average Bonchev–Trinajstić information content (AvgIpc) is 2.66. The van der Waals surface area contributed by atoms with Crippen molar-refractivity contribution in [3.05, 3.63) is 0 Å². The Kier molecular flexibility index (Phi) is 30.4. The van der Waals surface area contributed by atoms with Crippen molar-refractivity contribution in [1.29, 1.82) is 0 Å². The SMILES string of the molecule is CCC(C(=O)CC(=O)O)C(F)(F)F.CCC(C(=O)CC(=O)O)C(F)(F)F.CCCO.CCCO.[Zr]. The predicted molar refractivity (Wildman–Crippen MR) is 109 cm³/mol. The van der Waals surface area contributed by atoms with Gasteiger partial charge < -0.3 is 20.4 Å². The Balaban J connectivity index is -0.000000128. The van der Waals surface area contributed by atoms with E-state index in [4.69, 9.17) is 20.4 Å². The third kappa shape index (κ3) is 28.8. The van der Waals surface area contributed by atoms with Crippen LogP contribution in [0.25, 0.3) is 0 Å². The number of carbonyl (C=O) groups is 4. The van der Waals surface area contributed by atoms with Gasteiger partial charge in [-0.1, -0.05) is 27.7 Å². The Bertz CT molecular complexity index is 529. The number of halogens is 6. The fourth-order valence-electron chi connectivity index (χ4n) is 1.83. The molecule has 0 rings (SSSR count). The van der Waals surface area contributed by atoms with Crippen LogP contribution in [0.2, 0.25) is 0 Å². The van der Waals surface area contributed by atoms with Gasteiger partial charge in [-0.05, 0) is 25.7 Å². The summed E-state index contributed by atoms with van der Waals surface area (Å²) in [5, 5.41) is 32.0. The number of aliphatic hydroxyl groups is 2. The van der Waals surface area contributed by atoms with Crippen LogP contribution in [0.4, 0.5) is 26.3 Å². The van der Waals surface area contributed by atoms with Crippen LogP contribution >= 0.6 is 0 Å². The van der Waals surface area contributed by atoms with Gasteiger partial charge in [-0.2, -0.15) is 26.3 Å². The summed E-state index contributed by atoms with van der Waals surface area (Å²) in [5.74, 6) is -9.95. The smallest absolute Gasteiger partial charge is 0.398 e. The zero-order valence-electron chi connectivity index (χ0n) is 20.0. The molecule has 0 radical (unpaired) electrons. The van der Waals surface area contributed by atoms with Crippen LogP contribution in [0.1, 0.15) is 66.2 Å². The molecule has 0 aliphatic rings. The third-order valence-corrected chi connectivity index (χ3v) is 3.48. The molecule has 2 atom stereocenters. The van der Waals surface area contributed by atoms with Gasteiger partial charge in [-0.25, -0.2) is 0 Å². The molecule has 0 aromatic rings. The second-order valence-corrected chi connectivity index (χ2v) is 6.53. The van der Waals surface area contributed by atoms with Crippen LogP contribution in [-0.4, -0.2) is 69.5 Å². The molecule has 0 aromatic heterocycles. The van der Waals surface area contributed by atoms with E-state index in [0.29, 0.717) is 13.2 Å². The van der Waals surface area contributed by atoms with E-state index in [1.54, 1.807) is 0 Å². The van der Waals surface area contributed by atoms with Gasteiger partial charge in [0.1, 0.15) is 24.7 Å². The largest absolute Gasteiger partial charge is 0.481 e. The van der Waals surface area contributed by atoms with Gasteiger partial charge in [0.05, 0.1) is 0 Å². The second kappa shape index (κ2) is 24.4. The van der Waals surface area contributed by atoms with Gasteiger partial charge in [-0.3, -0.25) is 19.2 Å². The van der Waals surface area contributed by atoms with Crippen molar-refractivity contribution >= 4 is 23.5 Å². The van der Waals surface area contributed by atoms with Crippen molar-refractivity contribution in [2.24, 2.45) is 11.8 Å². The standard InChI is InChI=1S/2C7H9F3O3.2C3H8O.Zr/c2*1-2-4(7(8,9)10)5(11)3-6(12)13;2*1-2-3-4;/h2*4H,2-3H2,1H3,(H,12,13);2*4H,2-3H2,1H3;. The summed E-state index contributed by atoms with van der Waals surface area (Å²) < 4.78 is 72.0. The van der Waals surface area contributed by atoms with Gasteiger partial charge in [0.15, 0.2) is 11.6 Å². The molecular formula is C20H34F6O8Zr. The number of alkyl halides is 6. The number of Topliss-reactive ketones (excluding diaryl/α,β-unsaturated/α-hetero) is 2. The third-order valence-electron chi connectivity index (χ3n) is 3.48. The van der Waals surface area contributed by atoms with E-state index < -0.39 is 73.4 Å². The number of aliphatic hydroxyl groups excluding tert-OH is 2. The maximum Gasteiger partial charge on any atom is 0.398 e. The molecule has 2 unspecified atom stereocenters. The molecular weight excluding hydrogens is 573 g/mol. The van der Waals surface area contributed by atoms with Crippen molar-refractivity contribution in [2.75, 3.05) is 13.2 Å². The number of hydrogen-bond acceptors (Lipinski definition) is 6. The molecule has 0 saturated carbocycles. The molecule has 35 heavy (non-hydrogen) atoms. The fourth-order valence-corrected chi connectivity index (χ4v) is 1.83. The number of hydrogen-bond donors (Lipinski definition) is 4. The molecule has 0 aliphatic carbocycles. The molecule has 0 spiro atoms. The molecule has 0 aliphatic heterocycles. The maximum absolute atomic E-state index is 12.0. The van der Waals surface area contributed by atoms with Crippen LogP contribution in [0.15, 0.2) is 0 Å². The number of carbonyl (C=O) groups excluding carboxylic acids is 2. The van der Waals surface area contributed by atoms with Crippen LogP contribution in [0.3, 0.4) is 0 Å². The van der Waals surface area contributed by atoms with Gasteiger partial charge in [0.2, 0.25) is 0 Å². The Hall–Kier alpha value is -1.34. The summed E-state index contributed by atoms with van der Waals surface area (Å²) in [6.45, 7) is 6.88. The molecule has 0 heterocycles. The first-order valence-corrected chi connectivity index (χ1v) is 10.2. The summed E-state index contributed by atoms with van der Waals surface area (Å²) in [7, 11) is 0. The zero-order chi connectivity index (χ0) is 28.1. The summed E-state index contributed by atoms with van der Waals surface area (Å²) >= 11 is 0. The zero-order valence-corrected chi connectivity index (χ0v) is 22.5. The number of rotatable bonds is 10. The Morgan fingerprint density at radius 3 is 0.914 bits per heavy atom. The number of carboxylic acid groups (broad SMARTS) is 2. The Labute approximate surface area is 219 Å². The molecule has 0 fully saturated rings. The van der Waals surface area contributed by atoms with E-state index in [-0.39, 0.29) is 26.2 Å². The molecule has 208 valence electrons. The number of ketones is 2. The minimum absolute atomic E-state index is 0. The van der Waals surface area contributed by atoms with Crippen molar-refractivity contribution in [1.82, 2.24) is 0 Å². The predicted octanol–water partition coefficient (Wildman–Crippen LogP) is 4.01. The summed E-state index contributed by atoms with van der Waals surface area (Å²) in [6, 6.07) is 0. The minimum Gasteiger partial charge on any atom is -0.481 e. The van der Waals surface area contributed by atoms with Crippen molar-refractivity contribution < 1.29 is 92.2 Å².